The lowest BCUT2D eigenvalue weighted by Crippen LogP contribution is -2.59. The molecule has 1 atom stereocenters. The lowest BCUT2D eigenvalue weighted by atomic mass is 9.58. The molecule has 1 aliphatic heterocycles. The minimum absolute atomic E-state index is 0.593. The predicted molar refractivity (Wildman–Crippen MR) is 51.3 cm³/mol. The Bertz CT molecular complexity index is 298. The van der Waals surface area contributed by atoms with E-state index in [0.717, 1.165) is 0 Å². The van der Waals surface area contributed by atoms with Crippen LogP contribution < -0.4 is 5.32 Å². The molecule has 2 fully saturated rings. The summed E-state index contributed by atoms with van der Waals surface area (Å²) in [5.41, 5.74) is 1.98. The van der Waals surface area contributed by atoms with Crippen LogP contribution in [0, 0.1) is 5.41 Å². The normalized spacial score (nSPS) is 29.4. The van der Waals surface area contributed by atoms with Crippen molar-refractivity contribution in [2.24, 2.45) is 5.41 Å². The number of hydrogen-bond donors (Lipinski definition) is 1. The van der Waals surface area contributed by atoms with Gasteiger partial charge in [0.15, 0.2) is 0 Å². The van der Waals surface area contributed by atoms with E-state index in [1.54, 1.807) is 0 Å². The highest BCUT2D eigenvalue weighted by atomic mass is 15.1. The number of nitrogens with zero attached hydrogens (tertiary/aromatic N) is 1. The second-order valence-corrected chi connectivity index (χ2v) is 4.32. The molecule has 2 aliphatic rings. The monoisotopic (exact) mass is 174 g/mol. The van der Waals surface area contributed by atoms with Crippen LogP contribution in [-0.2, 0) is 0 Å². The van der Waals surface area contributed by atoms with Crippen molar-refractivity contribution in [2.75, 3.05) is 6.54 Å². The van der Waals surface area contributed by atoms with Gasteiger partial charge in [-0.25, -0.2) is 0 Å². The lowest BCUT2D eigenvalue weighted by molar-refractivity contribution is -0.00580. The first kappa shape index (κ1) is 7.51. The van der Waals surface area contributed by atoms with Crippen LogP contribution in [0.3, 0.4) is 0 Å². The van der Waals surface area contributed by atoms with E-state index in [4.69, 9.17) is 0 Å². The van der Waals surface area contributed by atoms with Crippen LogP contribution in [-0.4, -0.2) is 11.5 Å². The van der Waals surface area contributed by atoms with E-state index in [-0.39, 0.29) is 0 Å². The molecule has 1 aromatic heterocycles. The van der Waals surface area contributed by atoms with Crippen LogP contribution >= 0.6 is 0 Å². The Balaban J connectivity index is 1.87. The summed E-state index contributed by atoms with van der Waals surface area (Å²) in [6.07, 6.45) is 8.06. The third-order valence-electron chi connectivity index (χ3n) is 3.64. The van der Waals surface area contributed by atoms with Gasteiger partial charge in [-0.1, -0.05) is 12.5 Å². The Morgan fingerprint density at radius 1 is 1.46 bits per heavy atom. The zero-order chi connectivity index (χ0) is 8.73. The summed E-state index contributed by atoms with van der Waals surface area (Å²) >= 11 is 0. The Morgan fingerprint density at radius 3 is 2.85 bits per heavy atom. The minimum atomic E-state index is 0.593. The van der Waals surface area contributed by atoms with Gasteiger partial charge in [0.05, 0.1) is 0 Å². The molecule has 1 saturated carbocycles. The molecule has 0 bridgehead atoms. The average molecular weight is 174 g/mol. The molecule has 2 heteroatoms. The summed E-state index contributed by atoms with van der Waals surface area (Å²) < 4.78 is 0. The van der Waals surface area contributed by atoms with Crippen LogP contribution in [0.5, 0.6) is 0 Å². The second kappa shape index (κ2) is 2.55. The van der Waals surface area contributed by atoms with Crippen LogP contribution in [0.25, 0.3) is 0 Å². The van der Waals surface area contributed by atoms with Crippen LogP contribution in [0.15, 0.2) is 24.5 Å². The maximum absolute atomic E-state index is 4.17. The molecule has 2 heterocycles. The molecule has 0 aromatic carbocycles. The molecule has 1 spiro atoms. The Kier molecular flexibility index (Phi) is 1.47. The molecular formula is C11H14N2. The molecule has 1 saturated heterocycles. The number of aromatic nitrogens is 1. The number of hydrogen-bond acceptors (Lipinski definition) is 2. The van der Waals surface area contributed by atoms with Gasteiger partial charge < -0.3 is 5.32 Å². The fraction of sp³-hybridized carbons (Fsp3) is 0.545. The van der Waals surface area contributed by atoms with Gasteiger partial charge in [0, 0.05) is 30.4 Å². The summed E-state index contributed by atoms with van der Waals surface area (Å²) in [4.78, 5) is 4.17. The Hall–Kier alpha value is -0.890. The van der Waals surface area contributed by atoms with E-state index >= 15 is 0 Å². The molecule has 0 radical (unpaired) electrons. The van der Waals surface area contributed by atoms with Crippen molar-refractivity contribution in [1.82, 2.24) is 10.3 Å². The van der Waals surface area contributed by atoms with E-state index in [1.165, 1.54) is 31.4 Å². The van der Waals surface area contributed by atoms with Gasteiger partial charge in [0.2, 0.25) is 0 Å². The van der Waals surface area contributed by atoms with Crippen molar-refractivity contribution in [1.29, 1.82) is 0 Å². The molecule has 0 unspecified atom stereocenters. The van der Waals surface area contributed by atoms with Gasteiger partial charge in [0.25, 0.3) is 0 Å². The van der Waals surface area contributed by atoms with Gasteiger partial charge in [-0.2, -0.15) is 0 Å². The quantitative estimate of drug-likeness (QED) is 0.703. The van der Waals surface area contributed by atoms with Gasteiger partial charge in [-0.05, 0) is 24.5 Å². The maximum Gasteiger partial charge on any atom is 0.0404 e. The van der Waals surface area contributed by atoms with Crippen molar-refractivity contribution in [2.45, 2.75) is 25.3 Å². The highest BCUT2D eigenvalue weighted by Gasteiger charge is 2.51. The highest BCUT2D eigenvalue weighted by molar-refractivity contribution is 5.23. The number of pyridine rings is 1. The Labute approximate surface area is 78.4 Å². The van der Waals surface area contributed by atoms with E-state index in [9.17, 15) is 0 Å². The molecule has 13 heavy (non-hydrogen) atoms. The molecule has 3 rings (SSSR count). The van der Waals surface area contributed by atoms with E-state index in [2.05, 4.69) is 16.4 Å². The van der Waals surface area contributed by atoms with Crippen molar-refractivity contribution < 1.29 is 0 Å². The highest BCUT2D eigenvalue weighted by Crippen LogP contribution is 2.54. The SMILES string of the molecule is c1cncc([C@H]2NCC23CCC3)c1. The maximum atomic E-state index is 4.17. The smallest absolute Gasteiger partial charge is 0.0404 e. The van der Waals surface area contributed by atoms with Crippen molar-refractivity contribution in [3.63, 3.8) is 0 Å². The number of rotatable bonds is 1. The summed E-state index contributed by atoms with van der Waals surface area (Å²) in [6.45, 7) is 1.21. The molecule has 2 nitrogen and oxygen atoms in total. The fourth-order valence-corrected chi connectivity index (χ4v) is 2.61. The fourth-order valence-electron chi connectivity index (χ4n) is 2.61. The summed E-state index contributed by atoms with van der Waals surface area (Å²) in [5, 5.41) is 3.51. The van der Waals surface area contributed by atoms with Crippen LogP contribution in [0.2, 0.25) is 0 Å². The largest absolute Gasteiger partial charge is 0.309 e. The van der Waals surface area contributed by atoms with Crippen LogP contribution in [0.4, 0.5) is 0 Å². The topological polar surface area (TPSA) is 24.9 Å². The van der Waals surface area contributed by atoms with E-state index in [1.807, 2.05) is 18.5 Å². The molecular weight excluding hydrogens is 160 g/mol. The van der Waals surface area contributed by atoms with Crippen LogP contribution in [0.1, 0.15) is 30.9 Å². The zero-order valence-electron chi connectivity index (χ0n) is 7.66. The molecule has 1 aromatic rings. The van der Waals surface area contributed by atoms with Crippen molar-refractivity contribution in [3.05, 3.63) is 30.1 Å². The Morgan fingerprint density at radius 2 is 2.38 bits per heavy atom. The second-order valence-electron chi connectivity index (χ2n) is 4.32. The first-order chi connectivity index (χ1) is 6.41. The third-order valence-corrected chi connectivity index (χ3v) is 3.64. The minimum Gasteiger partial charge on any atom is -0.309 e. The van der Waals surface area contributed by atoms with Crippen molar-refractivity contribution in [3.8, 4) is 0 Å². The average Bonchev–Trinajstić information content (AvgIpc) is 2.01. The first-order valence-electron chi connectivity index (χ1n) is 5.04. The first-order valence-corrected chi connectivity index (χ1v) is 5.04. The van der Waals surface area contributed by atoms with Crippen molar-refractivity contribution >= 4 is 0 Å². The third kappa shape index (κ3) is 0.953. The molecule has 68 valence electrons. The predicted octanol–water partition coefficient (Wildman–Crippen LogP) is 1.90. The summed E-state index contributed by atoms with van der Waals surface area (Å²) in [5.74, 6) is 0. The van der Waals surface area contributed by atoms with Gasteiger partial charge in [-0.15, -0.1) is 0 Å². The molecule has 0 amide bonds. The molecule has 1 N–H and O–H groups in total. The summed E-state index contributed by atoms with van der Waals surface area (Å²) in [6, 6.07) is 4.81. The van der Waals surface area contributed by atoms with Gasteiger partial charge in [-0.3, -0.25) is 4.98 Å². The zero-order valence-corrected chi connectivity index (χ0v) is 7.66. The summed E-state index contributed by atoms with van der Waals surface area (Å²) in [7, 11) is 0. The van der Waals surface area contributed by atoms with E-state index in [0.29, 0.717) is 11.5 Å². The standard InChI is InChI=1S/C11H14N2/c1-3-9(7-12-6-1)10-11(8-13-10)4-2-5-11/h1,3,6-7,10,13H,2,4-5,8H2/t10-/m1/s1. The number of nitrogens with one attached hydrogen (secondary N) is 1. The van der Waals surface area contributed by atoms with Gasteiger partial charge >= 0.3 is 0 Å². The van der Waals surface area contributed by atoms with Gasteiger partial charge in [0.1, 0.15) is 0 Å². The molecule has 1 aliphatic carbocycles. The van der Waals surface area contributed by atoms with E-state index < -0.39 is 0 Å². The lowest BCUT2D eigenvalue weighted by Gasteiger charge is -2.56.